The van der Waals surface area contributed by atoms with E-state index in [1.54, 1.807) is 6.33 Å². The molecule has 3 rings (SSSR count). The van der Waals surface area contributed by atoms with Gasteiger partial charge in [0.15, 0.2) is 0 Å². The summed E-state index contributed by atoms with van der Waals surface area (Å²) >= 11 is 6.26. The van der Waals surface area contributed by atoms with E-state index in [1.807, 2.05) is 0 Å². The van der Waals surface area contributed by atoms with Crippen molar-refractivity contribution in [1.29, 1.82) is 0 Å². The quantitative estimate of drug-likeness (QED) is 0.871. The first-order valence-corrected chi connectivity index (χ1v) is 8.48. The van der Waals surface area contributed by atoms with Crippen LogP contribution in [0.2, 0.25) is 5.15 Å². The first-order chi connectivity index (χ1) is 10.1. The van der Waals surface area contributed by atoms with Crippen molar-refractivity contribution in [3.05, 3.63) is 17.0 Å². The summed E-state index contributed by atoms with van der Waals surface area (Å²) in [5.74, 6) is 1.34. The van der Waals surface area contributed by atoms with E-state index in [4.69, 9.17) is 11.6 Å². The molecule has 2 atom stereocenters. The summed E-state index contributed by atoms with van der Waals surface area (Å²) in [6.07, 6.45) is 8.79. The molecule has 0 spiro atoms. The van der Waals surface area contributed by atoms with Crippen LogP contribution < -0.4 is 4.90 Å². The van der Waals surface area contributed by atoms with Gasteiger partial charge in [-0.3, -0.25) is 0 Å². The number of piperidine rings is 1. The largest absolute Gasteiger partial charge is 0.389 e. The molecular formula is C16H24ClN3O. The summed E-state index contributed by atoms with van der Waals surface area (Å²) in [5, 5.41) is 11.4. The third-order valence-corrected chi connectivity index (χ3v) is 5.42. The fourth-order valence-corrected chi connectivity index (χ4v) is 4.11. The molecule has 2 fully saturated rings. The molecule has 1 aliphatic carbocycles. The fraction of sp³-hybridized carbons (Fsp3) is 0.750. The van der Waals surface area contributed by atoms with E-state index in [0.29, 0.717) is 11.1 Å². The van der Waals surface area contributed by atoms with Crippen LogP contribution in [0, 0.1) is 5.92 Å². The van der Waals surface area contributed by atoms with Crippen molar-refractivity contribution in [3.63, 3.8) is 0 Å². The predicted molar refractivity (Wildman–Crippen MR) is 84.8 cm³/mol. The molecule has 0 radical (unpaired) electrons. The molecular weight excluding hydrogens is 286 g/mol. The highest BCUT2D eigenvalue weighted by Crippen LogP contribution is 2.41. The second-order valence-corrected chi connectivity index (χ2v) is 6.82. The Labute approximate surface area is 131 Å². The maximum absolute atomic E-state index is 10.8. The lowest BCUT2D eigenvalue weighted by atomic mass is 9.71. The van der Waals surface area contributed by atoms with Crippen LogP contribution in [0.3, 0.4) is 0 Å². The maximum Gasteiger partial charge on any atom is 0.137 e. The zero-order chi connectivity index (χ0) is 14.9. The Morgan fingerprint density at radius 1 is 1.38 bits per heavy atom. The molecule has 0 bridgehead atoms. The molecule has 1 saturated carbocycles. The minimum atomic E-state index is -0.448. The Hall–Kier alpha value is -0.870. The topological polar surface area (TPSA) is 49.2 Å². The van der Waals surface area contributed by atoms with Gasteiger partial charge in [0.1, 0.15) is 17.3 Å². The SMILES string of the molecule is CCCc1c(Cl)ncnc1N1CCC2(O)CCCCC2C1. The lowest BCUT2D eigenvalue weighted by molar-refractivity contribution is -0.0613. The summed E-state index contributed by atoms with van der Waals surface area (Å²) in [6, 6.07) is 0. The highest BCUT2D eigenvalue weighted by Gasteiger charge is 2.43. The minimum Gasteiger partial charge on any atom is -0.389 e. The first-order valence-electron chi connectivity index (χ1n) is 8.11. The van der Waals surface area contributed by atoms with Gasteiger partial charge in [-0.2, -0.15) is 0 Å². The standard InChI is InChI=1S/C16H24ClN3O/c1-2-5-13-14(17)18-11-19-15(13)20-9-8-16(21)7-4-3-6-12(16)10-20/h11-12,21H,2-10H2,1H3. The maximum atomic E-state index is 10.8. The van der Waals surface area contributed by atoms with Gasteiger partial charge in [-0.25, -0.2) is 9.97 Å². The van der Waals surface area contributed by atoms with E-state index >= 15 is 0 Å². The van der Waals surface area contributed by atoms with Gasteiger partial charge in [-0.1, -0.05) is 37.8 Å². The molecule has 1 aromatic rings. The van der Waals surface area contributed by atoms with Crippen molar-refractivity contribution >= 4 is 17.4 Å². The van der Waals surface area contributed by atoms with Gasteiger partial charge >= 0.3 is 0 Å². The summed E-state index contributed by atoms with van der Waals surface area (Å²) in [7, 11) is 0. The molecule has 2 unspecified atom stereocenters. The number of rotatable bonds is 3. The number of nitrogens with zero attached hydrogens (tertiary/aromatic N) is 3. The van der Waals surface area contributed by atoms with Gasteiger partial charge in [-0.05, 0) is 25.7 Å². The molecule has 21 heavy (non-hydrogen) atoms. The first kappa shape index (κ1) is 15.0. The number of aromatic nitrogens is 2. The van der Waals surface area contributed by atoms with Crippen LogP contribution in [0.15, 0.2) is 6.33 Å². The lowest BCUT2D eigenvalue weighted by Gasteiger charge is -2.48. The Balaban J connectivity index is 1.84. The smallest absolute Gasteiger partial charge is 0.137 e. The second-order valence-electron chi connectivity index (χ2n) is 6.46. The molecule has 4 nitrogen and oxygen atoms in total. The molecule has 1 aliphatic heterocycles. The molecule has 2 aliphatic rings. The van der Waals surface area contributed by atoms with E-state index in [0.717, 1.165) is 63.0 Å². The molecule has 1 saturated heterocycles. The van der Waals surface area contributed by atoms with E-state index in [2.05, 4.69) is 21.8 Å². The Morgan fingerprint density at radius 3 is 3.05 bits per heavy atom. The molecule has 0 amide bonds. The monoisotopic (exact) mass is 309 g/mol. The highest BCUT2D eigenvalue weighted by atomic mass is 35.5. The highest BCUT2D eigenvalue weighted by molar-refractivity contribution is 6.30. The average molecular weight is 310 g/mol. The molecule has 1 aromatic heterocycles. The third kappa shape index (κ3) is 2.88. The van der Waals surface area contributed by atoms with Crippen molar-refractivity contribution in [3.8, 4) is 0 Å². The van der Waals surface area contributed by atoms with Gasteiger partial charge in [0.2, 0.25) is 0 Å². The van der Waals surface area contributed by atoms with Crippen LogP contribution in [0.25, 0.3) is 0 Å². The van der Waals surface area contributed by atoms with E-state index in [-0.39, 0.29) is 0 Å². The van der Waals surface area contributed by atoms with Crippen molar-refractivity contribution in [2.75, 3.05) is 18.0 Å². The van der Waals surface area contributed by atoms with Crippen LogP contribution in [0.4, 0.5) is 5.82 Å². The minimum absolute atomic E-state index is 0.364. The number of hydrogen-bond donors (Lipinski definition) is 1. The van der Waals surface area contributed by atoms with Crippen LogP contribution in [-0.2, 0) is 6.42 Å². The predicted octanol–water partition coefficient (Wildman–Crippen LogP) is 3.21. The summed E-state index contributed by atoms with van der Waals surface area (Å²) in [4.78, 5) is 10.9. The zero-order valence-corrected chi connectivity index (χ0v) is 13.4. The van der Waals surface area contributed by atoms with Crippen molar-refractivity contribution in [2.24, 2.45) is 5.92 Å². The van der Waals surface area contributed by atoms with Crippen LogP contribution in [0.5, 0.6) is 0 Å². The molecule has 2 heterocycles. The summed E-state index contributed by atoms with van der Waals surface area (Å²) < 4.78 is 0. The van der Waals surface area contributed by atoms with E-state index in [9.17, 15) is 5.11 Å². The number of halogens is 1. The van der Waals surface area contributed by atoms with Gasteiger partial charge < -0.3 is 10.0 Å². The van der Waals surface area contributed by atoms with Crippen LogP contribution in [0.1, 0.15) is 51.0 Å². The Kier molecular flexibility index (Phi) is 4.36. The molecule has 0 aromatic carbocycles. The summed E-state index contributed by atoms with van der Waals surface area (Å²) in [6.45, 7) is 3.89. The fourth-order valence-electron chi connectivity index (χ4n) is 3.88. The van der Waals surface area contributed by atoms with Crippen molar-refractivity contribution in [1.82, 2.24) is 9.97 Å². The molecule has 5 heteroatoms. The summed E-state index contributed by atoms with van der Waals surface area (Å²) in [5.41, 5.74) is 0.610. The molecule has 116 valence electrons. The number of hydrogen-bond acceptors (Lipinski definition) is 4. The average Bonchev–Trinajstić information content (AvgIpc) is 2.49. The van der Waals surface area contributed by atoms with Gasteiger partial charge in [-0.15, -0.1) is 0 Å². The van der Waals surface area contributed by atoms with Crippen molar-refractivity contribution < 1.29 is 5.11 Å². The van der Waals surface area contributed by atoms with E-state index < -0.39 is 5.60 Å². The normalized spacial score (nSPS) is 29.3. The zero-order valence-electron chi connectivity index (χ0n) is 12.7. The Morgan fingerprint density at radius 2 is 2.24 bits per heavy atom. The number of aliphatic hydroxyl groups is 1. The second kappa shape index (κ2) is 6.09. The van der Waals surface area contributed by atoms with Crippen LogP contribution >= 0.6 is 11.6 Å². The van der Waals surface area contributed by atoms with Gasteiger partial charge in [0, 0.05) is 24.6 Å². The van der Waals surface area contributed by atoms with Gasteiger partial charge in [0.25, 0.3) is 0 Å². The lowest BCUT2D eigenvalue weighted by Crippen LogP contribution is -2.53. The molecule has 1 N–H and O–H groups in total. The third-order valence-electron chi connectivity index (χ3n) is 5.10. The van der Waals surface area contributed by atoms with Crippen LogP contribution in [-0.4, -0.2) is 33.8 Å². The van der Waals surface area contributed by atoms with Crippen molar-refractivity contribution in [2.45, 2.75) is 57.5 Å². The van der Waals surface area contributed by atoms with E-state index in [1.165, 1.54) is 6.42 Å². The van der Waals surface area contributed by atoms with Gasteiger partial charge in [0.05, 0.1) is 5.60 Å². The number of fused-ring (bicyclic) bond motifs is 1. The Bertz CT molecular complexity index is 510. The number of anilines is 1.